The van der Waals surface area contributed by atoms with Crippen LogP contribution in [0.25, 0.3) is 0 Å². The number of methoxy groups -OCH3 is 1. The van der Waals surface area contributed by atoms with Crippen molar-refractivity contribution in [1.82, 2.24) is 19.6 Å². The highest BCUT2D eigenvalue weighted by Crippen LogP contribution is 2.43. The van der Waals surface area contributed by atoms with E-state index in [0.29, 0.717) is 56.6 Å². The lowest BCUT2D eigenvalue weighted by Gasteiger charge is -2.45. The van der Waals surface area contributed by atoms with Crippen LogP contribution in [0.2, 0.25) is 5.02 Å². The molecule has 1 spiro atoms. The maximum atomic E-state index is 14.7. The third-order valence-corrected chi connectivity index (χ3v) is 11.5. The number of fused-ring (bicyclic) bond motifs is 2. The van der Waals surface area contributed by atoms with Crippen molar-refractivity contribution in [2.24, 2.45) is 11.8 Å². The molecule has 5 aliphatic rings. The second-order valence-corrected chi connectivity index (χ2v) is 14.4. The number of likely N-dealkylation sites (tertiary alicyclic amines) is 2. The van der Waals surface area contributed by atoms with Crippen molar-refractivity contribution >= 4 is 47.0 Å². The van der Waals surface area contributed by atoms with Crippen LogP contribution in [0.5, 0.6) is 0 Å². The number of hydrogen-bond acceptors (Lipinski definition) is 7. The molecule has 0 unspecified atom stereocenters. The molecule has 0 saturated carbocycles. The third-order valence-electron chi connectivity index (χ3n) is 11.1. The van der Waals surface area contributed by atoms with Crippen LogP contribution >= 0.6 is 11.6 Å². The van der Waals surface area contributed by atoms with Crippen molar-refractivity contribution in [2.75, 3.05) is 26.7 Å². The van der Waals surface area contributed by atoms with E-state index in [4.69, 9.17) is 16.3 Å². The zero-order valence-corrected chi connectivity index (χ0v) is 29.1. The van der Waals surface area contributed by atoms with E-state index in [0.717, 1.165) is 5.56 Å². The summed E-state index contributed by atoms with van der Waals surface area (Å²) in [5.74, 6) is -2.70. The lowest BCUT2D eigenvalue weighted by Crippen LogP contribution is -2.64. The van der Waals surface area contributed by atoms with Gasteiger partial charge in [-0.15, -0.1) is 0 Å². The van der Waals surface area contributed by atoms with E-state index >= 15 is 0 Å². The molecule has 49 heavy (non-hydrogen) atoms. The predicted molar refractivity (Wildman–Crippen MR) is 181 cm³/mol. The minimum atomic E-state index is -1.26. The van der Waals surface area contributed by atoms with Gasteiger partial charge >= 0.3 is 5.97 Å². The Morgan fingerprint density at radius 3 is 2.53 bits per heavy atom. The molecule has 262 valence electrons. The van der Waals surface area contributed by atoms with Crippen molar-refractivity contribution in [3.8, 4) is 0 Å². The molecular formula is C37H45ClN4O7. The smallest absolute Gasteiger partial charge is 0.325 e. The van der Waals surface area contributed by atoms with Crippen molar-refractivity contribution in [2.45, 2.75) is 94.9 Å². The van der Waals surface area contributed by atoms with Gasteiger partial charge in [-0.1, -0.05) is 61.0 Å². The first-order chi connectivity index (χ1) is 23.5. The summed E-state index contributed by atoms with van der Waals surface area (Å²) in [5.41, 5.74) is -0.499. The number of nitrogens with zero attached hydrogens (tertiary/aromatic N) is 4. The highest BCUT2D eigenvalue weighted by molar-refractivity contribution is 6.31. The summed E-state index contributed by atoms with van der Waals surface area (Å²) in [5, 5.41) is 0.514. The molecule has 7 atom stereocenters. The van der Waals surface area contributed by atoms with E-state index in [-0.39, 0.29) is 66.8 Å². The monoisotopic (exact) mass is 692 g/mol. The van der Waals surface area contributed by atoms with Gasteiger partial charge in [-0.3, -0.25) is 24.0 Å². The first-order valence-corrected chi connectivity index (χ1v) is 17.8. The Labute approximate surface area is 292 Å². The van der Waals surface area contributed by atoms with E-state index in [9.17, 15) is 28.8 Å². The molecule has 0 aromatic heterocycles. The third kappa shape index (κ3) is 6.30. The van der Waals surface area contributed by atoms with Crippen LogP contribution in [0.4, 0.5) is 0 Å². The standard InChI is InChI=1S/C37H45ClN4O7/c1-4-27-11-10-24-15-19-39(32(24)35(47)40(27)22-31(44)49-3)34(46)30-13-12-28-14-17-37(36(48)42(28)30)16-7-18-41(37)33(45)26(20-23(2)43)21-25-8-5-6-9-29(25)38/h5-6,8-11,14,17,24,26-28,30,32H,4,7,12-13,15-16,18-22H2,1-3H3/t24-,26-,27+,28-,30-,32-,37+/m0/s1. The summed E-state index contributed by atoms with van der Waals surface area (Å²) in [7, 11) is 1.28. The van der Waals surface area contributed by atoms with Crippen molar-refractivity contribution < 1.29 is 33.5 Å². The largest absolute Gasteiger partial charge is 0.468 e. The van der Waals surface area contributed by atoms with Gasteiger partial charge in [0.15, 0.2) is 0 Å². The number of amides is 4. The van der Waals surface area contributed by atoms with Gasteiger partial charge in [0, 0.05) is 36.4 Å². The van der Waals surface area contributed by atoms with Gasteiger partial charge in [-0.2, -0.15) is 0 Å². The summed E-state index contributed by atoms with van der Waals surface area (Å²) in [6.45, 7) is 3.90. The summed E-state index contributed by atoms with van der Waals surface area (Å²) in [6, 6.07) is 5.07. The molecule has 0 bridgehead atoms. The SMILES string of the molecule is CC[C@@H]1C=C[C@H]2CCN(C(=O)[C@@H]3CC[C@H]4C=C[C@]5(CCCN5C(=O)[C@@H](CC(C)=O)Cc5ccccc5Cl)C(=O)N43)[C@@H]2C(=O)N1CC(=O)OC. The average Bonchev–Trinajstić information content (AvgIpc) is 3.81. The highest BCUT2D eigenvalue weighted by Gasteiger charge is 2.58. The van der Waals surface area contributed by atoms with Gasteiger partial charge in [0.05, 0.1) is 19.2 Å². The molecule has 1 aromatic rings. The lowest BCUT2D eigenvalue weighted by atomic mass is 9.86. The Kier molecular flexibility index (Phi) is 10.0. The first kappa shape index (κ1) is 34.9. The fourth-order valence-corrected chi connectivity index (χ4v) is 8.86. The molecule has 5 aliphatic heterocycles. The van der Waals surface area contributed by atoms with E-state index in [1.54, 1.807) is 20.8 Å². The van der Waals surface area contributed by atoms with Gasteiger partial charge in [-0.25, -0.2) is 0 Å². The second-order valence-electron chi connectivity index (χ2n) is 14.0. The number of carbonyl (C=O) groups is 6. The van der Waals surface area contributed by atoms with Crippen LogP contribution in [-0.4, -0.2) is 111 Å². The molecule has 11 nitrogen and oxygen atoms in total. The first-order valence-electron chi connectivity index (χ1n) is 17.4. The summed E-state index contributed by atoms with van der Waals surface area (Å²) >= 11 is 6.44. The van der Waals surface area contributed by atoms with Gasteiger partial charge in [0.2, 0.25) is 17.7 Å². The molecule has 3 saturated heterocycles. The number of rotatable bonds is 9. The van der Waals surface area contributed by atoms with Crippen LogP contribution in [-0.2, 0) is 39.9 Å². The van der Waals surface area contributed by atoms with Gasteiger partial charge < -0.3 is 29.1 Å². The number of ether oxygens (including phenoxy) is 1. The molecule has 0 N–H and O–H groups in total. The van der Waals surface area contributed by atoms with Crippen LogP contribution in [0, 0.1) is 11.8 Å². The molecule has 0 aliphatic carbocycles. The fourth-order valence-electron chi connectivity index (χ4n) is 8.65. The quantitative estimate of drug-likeness (QED) is 0.287. The number of carbonyl (C=O) groups excluding carboxylic acids is 6. The summed E-state index contributed by atoms with van der Waals surface area (Å²) in [4.78, 5) is 88.6. The van der Waals surface area contributed by atoms with Gasteiger partial charge in [-0.05, 0) is 63.5 Å². The maximum absolute atomic E-state index is 14.7. The predicted octanol–water partition coefficient (Wildman–Crippen LogP) is 3.34. The number of halogens is 1. The lowest BCUT2D eigenvalue weighted by molar-refractivity contribution is -0.158. The van der Waals surface area contributed by atoms with Crippen LogP contribution < -0.4 is 0 Å². The molecule has 0 radical (unpaired) electrons. The maximum Gasteiger partial charge on any atom is 0.325 e. The van der Waals surface area contributed by atoms with Crippen molar-refractivity contribution in [3.05, 3.63) is 59.2 Å². The van der Waals surface area contributed by atoms with E-state index in [1.807, 2.05) is 49.4 Å². The van der Waals surface area contributed by atoms with E-state index in [2.05, 4.69) is 0 Å². The highest BCUT2D eigenvalue weighted by atomic mass is 35.5. The molecular weight excluding hydrogens is 648 g/mol. The van der Waals surface area contributed by atoms with Crippen molar-refractivity contribution in [1.29, 1.82) is 0 Å². The normalized spacial score (nSPS) is 29.7. The van der Waals surface area contributed by atoms with Crippen molar-refractivity contribution in [3.63, 3.8) is 0 Å². The molecule has 4 amide bonds. The molecule has 3 fully saturated rings. The zero-order valence-electron chi connectivity index (χ0n) is 28.4. The zero-order chi connectivity index (χ0) is 35.0. The number of hydrogen-bond donors (Lipinski definition) is 0. The van der Waals surface area contributed by atoms with Gasteiger partial charge in [0.1, 0.15) is 30.0 Å². The number of esters is 1. The minimum Gasteiger partial charge on any atom is -0.468 e. The fraction of sp³-hybridized carbons (Fsp3) is 0.568. The second kappa shape index (κ2) is 14.1. The van der Waals surface area contributed by atoms with E-state index < -0.39 is 29.5 Å². The Balaban J connectivity index is 1.25. The molecule has 5 heterocycles. The molecule has 12 heteroatoms. The van der Waals surface area contributed by atoms with Crippen LogP contribution in [0.3, 0.4) is 0 Å². The van der Waals surface area contributed by atoms with Crippen LogP contribution in [0.1, 0.15) is 64.4 Å². The summed E-state index contributed by atoms with van der Waals surface area (Å²) in [6.07, 6.45) is 11.3. The number of benzene rings is 1. The Hall–Kier alpha value is -3.99. The Morgan fingerprint density at radius 2 is 1.82 bits per heavy atom. The number of Topliss-reactive ketones (excluding diaryl/α,β-unsaturated/α-hetero) is 1. The molecule has 1 aromatic carbocycles. The van der Waals surface area contributed by atoms with Crippen LogP contribution in [0.15, 0.2) is 48.6 Å². The number of ketones is 1. The average molecular weight is 693 g/mol. The minimum absolute atomic E-state index is 0.0217. The molecule has 6 rings (SSSR count). The van der Waals surface area contributed by atoms with E-state index in [1.165, 1.54) is 18.9 Å². The summed E-state index contributed by atoms with van der Waals surface area (Å²) < 4.78 is 4.87. The van der Waals surface area contributed by atoms with Gasteiger partial charge in [0.25, 0.3) is 5.91 Å². The Morgan fingerprint density at radius 1 is 1.04 bits per heavy atom. The topological polar surface area (TPSA) is 125 Å². The Bertz CT molecular complexity index is 1590.